The van der Waals surface area contributed by atoms with E-state index < -0.39 is 8.07 Å². The molecule has 0 fully saturated rings. The summed E-state index contributed by atoms with van der Waals surface area (Å²) in [5, 5.41) is 1.30. The zero-order chi connectivity index (χ0) is 14.0. The third kappa shape index (κ3) is 3.78. The van der Waals surface area contributed by atoms with Crippen LogP contribution in [-0.2, 0) is 11.5 Å². The van der Waals surface area contributed by atoms with E-state index in [1.165, 1.54) is 6.33 Å². The summed E-state index contributed by atoms with van der Waals surface area (Å²) in [5.41, 5.74) is 0.792. The smallest absolute Gasteiger partial charge is 0.147 e. The van der Waals surface area contributed by atoms with E-state index in [0.29, 0.717) is 11.9 Å². The minimum atomic E-state index is -1.05. The predicted molar refractivity (Wildman–Crippen MR) is 84.3 cm³/mol. The van der Waals surface area contributed by atoms with E-state index >= 15 is 0 Å². The fourth-order valence-electron chi connectivity index (χ4n) is 1.66. The third-order valence-electron chi connectivity index (χ3n) is 2.81. The van der Waals surface area contributed by atoms with Gasteiger partial charge in [-0.3, -0.25) is 4.57 Å². The molecule has 0 saturated heterocycles. The van der Waals surface area contributed by atoms with Crippen molar-refractivity contribution in [1.82, 2.24) is 14.5 Å². The van der Waals surface area contributed by atoms with Crippen LogP contribution < -0.4 is 0 Å². The highest BCUT2D eigenvalue weighted by Crippen LogP contribution is 2.26. The largest absolute Gasteiger partial charge is 0.361 e. The first-order chi connectivity index (χ1) is 8.88. The van der Waals surface area contributed by atoms with E-state index in [-0.39, 0.29) is 0 Å². The van der Waals surface area contributed by atoms with E-state index in [0.717, 1.165) is 28.3 Å². The molecule has 0 aliphatic rings. The summed E-state index contributed by atoms with van der Waals surface area (Å²) < 4.78 is 8.60. The molecule has 0 saturated carbocycles. The first kappa shape index (κ1) is 15.0. The summed E-state index contributed by atoms with van der Waals surface area (Å²) in [5.74, 6) is 0. The van der Waals surface area contributed by atoms with Crippen molar-refractivity contribution in [2.45, 2.75) is 32.4 Å². The molecule has 0 aliphatic heterocycles. The summed E-state index contributed by atoms with van der Waals surface area (Å²) in [6, 6.07) is 3.07. The van der Waals surface area contributed by atoms with Crippen LogP contribution in [0.5, 0.6) is 0 Å². The van der Waals surface area contributed by atoms with E-state index in [4.69, 9.17) is 16.3 Å². The molecule has 2 heterocycles. The van der Waals surface area contributed by atoms with Gasteiger partial charge in [-0.2, -0.15) is 0 Å². The summed E-state index contributed by atoms with van der Waals surface area (Å²) in [6.45, 7) is 8.27. The van der Waals surface area contributed by atoms with Crippen LogP contribution in [0, 0.1) is 0 Å². The topological polar surface area (TPSA) is 39.9 Å². The van der Waals surface area contributed by atoms with Gasteiger partial charge in [-0.15, -0.1) is 0 Å². The summed E-state index contributed by atoms with van der Waals surface area (Å²) in [6.07, 6.45) is 1.47. The van der Waals surface area contributed by atoms with Gasteiger partial charge in [-0.05, 0) is 28.0 Å². The predicted octanol–water partition coefficient (Wildman–Crippen LogP) is 4.16. The van der Waals surface area contributed by atoms with Crippen molar-refractivity contribution in [3.8, 4) is 0 Å². The minimum absolute atomic E-state index is 0.464. The molecule has 0 unspecified atom stereocenters. The van der Waals surface area contributed by atoms with Crippen molar-refractivity contribution in [1.29, 1.82) is 0 Å². The average Bonchev–Trinajstić information content (AvgIpc) is 2.62. The fraction of sp³-hybridized carbons (Fsp3) is 0.500. The molecule has 0 N–H and O–H groups in total. The van der Waals surface area contributed by atoms with E-state index in [1.54, 1.807) is 0 Å². The molecule has 7 heteroatoms. The van der Waals surface area contributed by atoms with Gasteiger partial charge >= 0.3 is 0 Å². The molecular weight excluding hydrogens is 346 g/mol. The Morgan fingerprint density at radius 2 is 2.11 bits per heavy atom. The van der Waals surface area contributed by atoms with E-state index in [1.807, 2.05) is 10.6 Å². The molecule has 0 amide bonds. The van der Waals surface area contributed by atoms with Gasteiger partial charge in [0.25, 0.3) is 0 Å². The normalized spacial score (nSPS) is 12.3. The number of hydrogen-bond donors (Lipinski definition) is 0. The van der Waals surface area contributed by atoms with Crippen LogP contribution in [0.3, 0.4) is 0 Å². The van der Waals surface area contributed by atoms with Crippen molar-refractivity contribution in [3.05, 3.63) is 22.1 Å². The standard InChI is InChI=1S/C12H17BrClN3OSi/c1-19(2,3)5-4-18-8-17-10(13)6-9-11(14)15-7-16-12(9)17/h6-7H,4-5,8H2,1-3H3. The Bertz CT molecular complexity index is 582. The molecule has 2 rings (SSSR count). The number of rotatable bonds is 5. The summed E-state index contributed by atoms with van der Waals surface area (Å²) >= 11 is 9.54. The molecule has 4 nitrogen and oxygen atoms in total. The molecule has 19 heavy (non-hydrogen) atoms. The zero-order valence-corrected chi connectivity index (χ0v) is 14.6. The third-order valence-corrected chi connectivity index (χ3v) is 5.47. The lowest BCUT2D eigenvalue weighted by atomic mass is 10.4. The van der Waals surface area contributed by atoms with Crippen LogP contribution in [0.15, 0.2) is 17.0 Å². The molecule has 0 radical (unpaired) electrons. The SMILES string of the molecule is C[Si](C)(C)CCOCn1c(Br)cc2c(Cl)ncnc21. The van der Waals surface area contributed by atoms with Crippen LogP contribution in [0.4, 0.5) is 0 Å². The second kappa shape index (κ2) is 5.91. The van der Waals surface area contributed by atoms with Crippen LogP contribution in [0.1, 0.15) is 0 Å². The van der Waals surface area contributed by atoms with Gasteiger partial charge in [0.15, 0.2) is 0 Å². The summed E-state index contributed by atoms with van der Waals surface area (Å²) in [4.78, 5) is 8.23. The van der Waals surface area contributed by atoms with Gasteiger partial charge in [0.1, 0.15) is 23.9 Å². The summed E-state index contributed by atoms with van der Waals surface area (Å²) in [7, 11) is -1.05. The van der Waals surface area contributed by atoms with Crippen molar-refractivity contribution in [2.24, 2.45) is 0 Å². The molecule has 104 valence electrons. The van der Waals surface area contributed by atoms with Gasteiger partial charge in [-0.25, -0.2) is 9.97 Å². The first-order valence-corrected chi connectivity index (χ1v) is 11.0. The molecule has 2 aromatic heterocycles. The van der Waals surface area contributed by atoms with Crippen LogP contribution in [-0.4, -0.2) is 29.2 Å². The highest BCUT2D eigenvalue weighted by Gasteiger charge is 2.14. The highest BCUT2D eigenvalue weighted by atomic mass is 79.9. The molecule has 0 atom stereocenters. The molecule has 0 aromatic carbocycles. The first-order valence-electron chi connectivity index (χ1n) is 6.11. The number of hydrogen-bond acceptors (Lipinski definition) is 3. The highest BCUT2D eigenvalue weighted by molar-refractivity contribution is 9.10. The van der Waals surface area contributed by atoms with Gasteiger partial charge in [0.2, 0.25) is 0 Å². The number of aromatic nitrogens is 3. The van der Waals surface area contributed by atoms with Gasteiger partial charge in [0, 0.05) is 14.7 Å². The second-order valence-corrected chi connectivity index (χ2v) is 12.4. The van der Waals surface area contributed by atoms with E-state index in [9.17, 15) is 0 Å². The Labute approximate surface area is 127 Å². The van der Waals surface area contributed by atoms with Crippen molar-refractivity contribution < 1.29 is 4.74 Å². The Kier molecular flexibility index (Phi) is 4.65. The number of halogens is 2. The van der Waals surface area contributed by atoms with Crippen molar-refractivity contribution in [3.63, 3.8) is 0 Å². The van der Waals surface area contributed by atoms with Crippen LogP contribution in [0.2, 0.25) is 30.8 Å². The maximum Gasteiger partial charge on any atom is 0.147 e. The van der Waals surface area contributed by atoms with Crippen molar-refractivity contribution >= 4 is 46.6 Å². The number of ether oxygens (including phenoxy) is 1. The lowest BCUT2D eigenvalue weighted by Crippen LogP contribution is -2.22. The van der Waals surface area contributed by atoms with Crippen LogP contribution in [0.25, 0.3) is 11.0 Å². The number of nitrogens with zero attached hydrogens (tertiary/aromatic N) is 3. The van der Waals surface area contributed by atoms with Gasteiger partial charge in [0.05, 0.1) is 9.99 Å². The van der Waals surface area contributed by atoms with Crippen molar-refractivity contribution in [2.75, 3.05) is 6.61 Å². The molecular formula is C12H17BrClN3OSi. The lowest BCUT2D eigenvalue weighted by Gasteiger charge is -2.16. The maximum absolute atomic E-state index is 6.04. The minimum Gasteiger partial charge on any atom is -0.361 e. The molecule has 0 spiro atoms. The Hall–Kier alpha value is -0.433. The van der Waals surface area contributed by atoms with E-state index in [2.05, 4.69) is 45.5 Å². The Balaban J connectivity index is 2.09. The Morgan fingerprint density at radius 1 is 1.37 bits per heavy atom. The fourth-order valence-corrected chi connectivity index (χ4v) is 3.10. The number of fused-ring (bicyclic) bond motifs is 1. The quantitative estimate of drug-likeness (QED) is 0.455. The van der Waals surface area contributed by atoms with Crippen LogP contribution >= 0.6 is 27.5 Å². The molecule has 0 aliphatic carbocycles. The lowest BCUT2D eigenvalue weighted by molar-refractivity contribution is 0.0885. The van der Waals surface area contributed by atoms with Gasteiger partial charge < -0.3 is 4.74 Å². The zero-order valence-electron chi connectivity index (χ0n) is 11.3. The molecule has 0 bridgehead atoms. The monoisotopic (exact) mass is 361 g/mol. The average molecular weight is 363 g/mol. The van der Waals surface area contributed by atoms with Gasteiger partial charge in [-0.1, -0.05) is 31.2 Å². The second-order valence-electron chi connectivity index (χ2n) is 5.64. The maximum atomic E-state index is 6.04. The Morgan fingerprint density at radius 3 is 2.79 bits per heavy atom. The molecule has 2 aromatic rings.